The summed E-state index contributed by atoms with van der Waals surface area (Å²) in [4.78, 5) is 8.60. The van der Waals surface area contributed by atoms with Crippen molar-refractivity contribution in [3.63, 3.8) is 0 Å². The second kappa shape index (κ2) is 7.14. The second-order valence-corrected chi connectivity index (χ2v) is 7.57. The Balaban J connectivity index is 1.76. The van der Waals surface area contributed by atoms with E-state index in [4.69, 9.17) is 16.6 Å². The lowest BCUT2D eigenvalue weighted by atomic mass is 9.98. The molecule has 1 N–H and O–H groups in total. The van der Waals surface area contributed by atoms with Crippen LogP contribution in [0.5, 0.6) is 0 Å². The number of halogens is 1. The summed E-state index contributed by atoms with van der Waals surface area (Å²) >= 11 is 6.14. The van der Waals surface area contributed by atoms with E-state index in [1.54, 1.807) is 0 Å². The fourth-order valence-electron chi connectivity index (χ4n) is 3.97. The predicted octanol–water partition coefficient (Wildman–Crippen LogP) is 6.59. The van der Waals surface area contributed by atoms with Gasteiger partial charge in [-0.3, -0.25) is 4.98 Å². The molecule has 24 heavy (non-hydrogen) atoms. The predicted molar refractivity (Wildman–Crippen MR) is 103 cm³/mol. The van der Waals surface area contributed by atoms with Crippen LogP contribution in [-0.4, -0.2) is 9.97 Å². The summed E-state index contributed by atoms with van der Waals surface area (Å²) in [7, 11) is 0. The number of nitrogens with zero attached hydrogens (tertiary/aromatic N) is 1. The molecule has 3 aromatic rings. The summed E-state index contributed by atoms with van der Waals surface area (Å²) in [5.74, 6) is 0. The molecule has 2 aromatic heterocycles. The van der Waals surface area contributed by atoms with Crippen molar-refractivity contribution >= 4 is 33.5 Å². The zero-order chi connectivity index (χ0) is 16.4. The Hall–Kier alpha value is -1.54. The van der Waals surface area contributed by atoms with Gasteiger partial charge in [0.15, 0.2) is 0 Å². The summed E-state index contributed by atoms with van der Waals surface area (Å²) in [6.07, 6.45) is 13.1. The first kappa shape index (κ1) is 16.0. The number of hydrogen-bond donors (Lipinski definition) is 1. The Labute approximate surface area is 148 Å². The number of pyridine rings is 1. The van der Waals surface area contributed by atoms with Gasteiger partial charge in [0.1, 0.15) is 0 Å². The molecule has 0 aliphatic heterocycles. The standard InChI is InChI=1S/C21H25ClN2/c22-16-11-12-17-19(14-16)23-20-13-15-9-7-5-3-1-2-4-6-8-10-18(15)24-21(17)20/h11-14,23H,1-10H2. The normalized spacial score (nSPS) is 17.4. The Kier molecular flexibility index (Phi) is 4.75. The smallest absolute Gasteiger partial charge is 0.0961 e. The summed E-state index contributed by atoms with van der Waals surface area (Å²) in [6, 6.07) is 8.39. The van der Waals surface area contributed by atoms with Crippen LogP contribution in [0.25, 0.3) is 21.9 Å². The van der Waals surface area contributed by atoms with Gasteiger partial charge in [-0.2, -0.15) is 0 Å². The van der Waals surface area contributed by atoms with Gasteiger partial charge in [0.2, 0.25) is 0 Å². The number of aryl methyl sites for hydroxylation is 2. The summed E-state index contributed by atoms with van der Waals surface area (Å²) in [5.41, 5.74) is 6.11. The number of aromatic amines is 1. The van der Waals surface area contributed by atoms with Crippen LogP contribution in [0.4, 0.5) is 0 Å². The molecule has 0 fully saturated rings. The topological polar surface area (TPSA) is 28.7 Å². The zero-order valence-corrected chi connectivity index (χ0v) is 15.0. The molecule has 0 amide bonds. The minimum atomic E-state index is 0.771. The van der Waals surface area contributed by atoms with Gasteiger partial charge in [-0.25, -0.2) is 0 Å². The van der Waals surface area contributed by atoms with Crippen molar-refractivity contribution in [1.82, 2.24) is 9.97 Å². The Bertz CT molecular complexity index is 850. The number of aromatic nitrogens is 2. The van der Waals surface area contributed by atoms with Gasteiger partial charge < -0.3 is 4.98 Å². The average Bonchev–Trinajstić information content (AvgIpc) is 2.90. The monoisotopic (exact) mass is 340 g/mol. The highest BCUT2D eigenvalue weighted by Gasteiger charge is 2.12. The van der Waals surface area contributed by atoms with E-state index in [-0.39, 0.29) is 0 Å². The summed E-state index contributed by atoms with van der Waals surface area (Å²) < 4.78 is 0. The zero-order valence-electron chi connectivity index (χ0n) is 14.2. The van der Waals surface area contributed by atoms with Crippen LogP contribution < -0.4 is 0 Å². The van der Waals surface area contributed by atoms with E-state index in [0.717, 1.165) is 34.4 Å². The fraction of sp³-hybridized carbons (Fsp3) is 0.476. The molecule has 126 valence electrons. The third-order valence-corrected chi connectivity index (χ3v) is 5.54. The van der Waals surface area contributed by atoms with Crippen LogP contribution >= 0.6 is 11.6 Å². The number of hydrogen-bond acceptors (Lipinski definition) is 1. The van der Waals surface area contributed by atoms with Crippen molar-refractivity contribution in [2.45, 2.75) is 64.2 Å². The maximum atomic E-state index is 6.14. The van der Waals surface area contributed by atoms with Crippen molar-refractivity contribution in [3.05, 3.63) is 40.5 Å². The van der Waals surface area contributed by atoms with Gasteiger partial charge in [-0.1, -0.05) is 50.1 Å². The van der Waals surface area contributed by atoms with Gasteiger partial charge >= 0.3 is 0 Å². The molecule has 0 unspecified atom stereocenters. The molecule has 1 aliphatic rings. The minimum Gasteiger partial charge on any atom is -0.353 e. The van der Waals surface area contributed by atoms with E-state index >= 15 is 0 Å². The molecule has 0 saturated carbocycles. The quantitative estimate of drug-likeness (QED) is 0.491. The maximum absolute atomic E-state index is 6.14. The SMILES string of the molecule is Clc1ccc2c(c1)[nH]c1cc3c(nc12)CCCCCCCCCC3. The molecule has 0 atom stereocenters. The van der Waals surface area contributed by atoms with Crippen LogP contribution in [0.15, 0.2) is 24.3 Å². The molecule has 2 heterocycles. The van der Waals surface area contributed by atoms with E-state index in [9.17, 15) is 0 Å². The van der Waals surface area contributed by atoms with Gasteiger partial charge in [0, 0.05) is 21.6 Å². The van der Waals surface area contributed by atoms with Crippen molar-refractivity contribution in [2.24, 2.45) is 0 Å². The Morgan fingerprint density at radius 2 is 1.50 bits per heavy atom. The molecule has 3 heteroatoms. The van der Waals surface area contributed by atoms with E-state index in [0.29, 0.717) is 0 Å². The second-order valence-electron chi connectivity index (χ2n) is 7.13. The van der Waals surface area contributed by atoms with Crippen molar-refractivity contribution in [2.75, 3.05) is 0 Å². The largest absolute Gasteiger partial charge is 0.353 e. The Morgan fingerprint density at radius 1 is 0.792 bits per heavy atom. The lowest BCUT2D eigenvalue weighted by Crippen LogP contribution is -2.00. The third-order valence-electron chi connectivity index (χ3n) is 5.31. The molecule has 1 aliphatic carbocycles. The third kappa shape index (κ3) is 3.30. The van der Waals surface area contributed by atoms with E-state index in [1.807, 2.05) is 12.1 Å². The first-order chi connectivity index (χ1) is 11.8. The van der Waals surface area contributed by atoms with Crippen LogP contribution in [0.2, 0.25) is 5.02 Å². The summed E-state index contributed by atoms with van der Waals surface area (Å²) in [5, 5.41) is 1.95. The first-order valence-electron chi connectivity index (χ1n) is 9.41. The summed E-state index contributed by atoms with van der Waals surface area (Å²) in [6.45, 7) is 0. The number of benzene rings is 1. The van der Waals surface area contributed by atoms with Crippen molar-refractivity contribution < 1.29 is 0 Å². The van der Waals surface area contributed by atoms with Crippen molar-refractivity contribution in [1.29, 1.82) is 0 Å². The molecular weight excluding hydrogens is 316 g/mol. The maximum Gasteiger partial charge on any atom is 0.0961 e. The minimum absolute atomic E-state index is 0.771. The van der Waals surface area contributed by atoms with E-state index in [1.165, 1.54) is 68.0 Å². The van der Waals surface area contributed by atoms with Gasteiger partial charge in [-0.05, 0) is 55.5 Å². The average molecular weight is 341 g/mol. The molecule has 2 nitrogen and oxygen atoms in total. The van der Waals surface area contributed by atoms with Crippen LogP contribution in [0.1, 0.15) is 62.6 Å². The van der Waals surface area contributed by atoms with Crippen LogP contribution in [0, 0.1) is 0 Å². The molecule has 0 bridgehead atoms. The van der Waals surface area contributed by atoms with Crippen LogP contribution in [-0.2, 0) is 12.8 Å². The lowest BCUT2D eigenvalue weighted by molar-refractivity contribution is 0.557. The van der Waals surface area contributed by atoms with E-state index < -0.39 is 0 Å². The highest BCUT2D eigenvalue weighted by atomic mass is 35.5. The van der Waals surface area contributed by atoms with Crippen LogP contribution in [0.3, 0.4) is 0 Å². The lowest BCUT2D eigenvalue weighted by Gasteiger charge is -2.11. The molecule has 0 spiro atoms. The number of H-pyrrole nitrogens is 1. The number of nitrogens with one attached hydrogen (secondary N) is 1. The molecule has 0 radical (unpaired) electrons. The van der Waals surface area contributed by atoms with Gasteiger partial charge in [-0.15, -0.1) is 0 Å². The van der Waals surface area contributed by atoms with E-state index in [2.05, 4.69) is 17.1 Å². The molecule has 1 aromatic carbocycles. The number of fused-ring (bicyclic) bond motifs is 4. The Morgan fingerprint density at radius 3 is 2.29 bits per heavy atom. The first-order valence-corrected chi connectivity index (χ1v) is 9.79. The van der Waals surface area contributed by atoms with Gasteiger partial charge in [0.05, 0.1) is 11.0 Å². The highest BCUT2D eigenvalue weighted by Crippen LogP contribution is 2.29. The van der Waals surface area contributed by atoms with Crippen molar-refractivity contribution in [3.8, 4) is 0 Å². The van der Waals surface area contributed by atoms with Gasteiger partial charge in [0.25, 0.3) is 0 Å². The highest BCUT2D eigenvalue weighted by molar-refractivity contribution is 6.31. The molecule has 4 rings (SSSR count). The molecular formula is C21H25ClN2. The number of rotatable bonds is 0. The molecule has 0 saturated heterocycles. The fourth-order valence-corrected chi connectivity index (χ4v) is 4.14.